The number of phosphoric acid groups is 1. The minimum atomic E-state index is -4.71. The van der Waals surface area contributed by atoms with E-state index in [9.17, 15) is 23.8 Å². The van der Waals surface area contributed by atoms with Gasteiger partial charge in [-0.05, 0) is 38.5 Å². The van der Waals surface area contributed by atoms with Crippen molar-refractivity contribution in [2.45, 2.75) is 199 Å². The Balaban J connectivity index is 4.39. The number of phosphoric ester groups is 1. The minimum Gasteiger partial charge on any atom is -0.480 e. The van der Waals surface area contributed by atoms with Crippen LogP contribution in [0, 0.1) is 0 Å². The number of esters is 2. The number of aliphatic carboxylic acids is 1. The summed E-state index contributed by atoms with van der Waals surface area (Å²) in [4.78, 5) is 45.9. The molecule has 53 heavy (non-hydrogen) atoms. The van der Waals surface area contributed by atoms with E-state index in [1.165, 1.54) is 83.5 Å². The summed E-state index contributed by atoms with van der Waals surface area (Å²) in [5.74, 6) is -2.39. The van der Waals surface area contributed by atoms with E-state index in [2.05, 4.69) is 42.7 Å². The summed E-state index contributed by atoms with van der Waals surface area (Å²) in [6.45, 7) is 2.75. The third-order valence-electron chi connectivity index (χ3n) is 8.95. The van der Waals surface area contributed by atoms with Gasteiger partial charge in [-0.25, -0.2) is 4.57 Å². The first-order valence-electron chi connectivity index (χ1n) is 20.9. The molecule has 12 heteroatoms. The second-order valence-electron chi connectivity index (χ2n) is 14.1. The average molecular weight is 774 g/mol. The quantitative estimate of drug-likeness (QED) is 0.0235. The van der Waals surface area contributed by atoms with Gasteiger partial charge in [0.25, 0.3) is 0 Å². The lowest BCUT2D eigenvalue weighted by Gasteiger charge is -2.20. The molecule has 0 spiro atoms. The molecule has 0 aliphatic heterocycles. The summed E-state index contributed by atoms with van der Waals surface area (Å²) in [5.41, 5.74) is 5.32. The molecule has 0 fully saturated rings. The molecule has 11 nitrogen and oxygen atoms in total. The topological polar surface area (TPSA) is 172 Å². The van der Waals surface area contributed by atoms with Crippen LogP contribution in [0.2, 0.25) is 0 Å². The highest BCUT2D eigenvalue weighted by atomic mass is 31.2. The summed E-state index contributed by atoms with van der Waals surface area (Å²) in [6.07, 6.45) is 36.7. The minimum absolute atomic E-state index is 0.162. The molecule has 0 aromatic rings. The van der Waals surface area contributed by atoms with Gasteiger partial charge in [-0.15, -0.1) is 0 Å². The summed E-state index contributed by atoms with van der Waals surface area (Å²) in [5, 5.41) is 8.87. The van der Waals surface area contributed by atoms with Crippen molar-refractivity contribution in [3.05, 3.63) is 24.3 Å². The van der Waals surface area contributed by atoms with Crippen LogP contribution in [-0.2, 0) is 37.5 Å². The van der Waals surface area contributed by atoms with E-state index in [1.54, 1.807) is 0 Å². The zero-order valence-electron chi connectivity index (χ0n) is 33.4. The van der Waals surface area contributed by atoms with Gasteiger partial charge in [-0.2, -0.15) is 0 Å². The van der Waals surface area contributed by atoms with Crippen molar-refractivity contribution in [3.8, 4) is 0 Å². The van der Waals surface area contributed by atoms with E-state index in [0.717, 1.165) is 64.2 Å². The Labute approximate surface area is 321 Å². The fourth-order valence-corrected chi connectivity index (χ4v) is 6.39. The van der Waals surface area contributed by atoms with Crippen molar-refractivity contribution in [2.75, 3.05) is 19.8 Å². The number of carboxylic acid groups (broad SMARTS) is 1. The van der Waals surface area contributed by atoms with Crippen LogP contribution in [0.4, 0.5) is 0 Å². The van der Waals surface area contributed by atoms with E-state index in [4.69, 9.17) is 24.8 Å². The Bertz CT molecular complexity index is 1010. The fourth-order valence-electron chi connectivity index (χ4n) is 5.61. The number of hydrogen-bond acceptors (Lipinski definition) is 9. The number of allylic oxidation sites excluding steroid dienone is 4. The molecule has 0 aromatic heterocycles. The predicted octanol–water partition coefficient (Wildman–Crippen LogP) is 10.7. The van der Waals surface area contributed by atoms with Gasteiger partial charge in [0.1, 0.15) is 12.6 Å². The average Bonchev–Trinajstić information content (AvgIpc) is 3.13. The first-order chi connectivity index (χ1) is 25.6. The van der Waals surface area contributed by atoms with Crippen LogP contribution in [-0.4, -0.2) is 59.9 Å². The third kappa shape index (κ3) is 36.7. The van der Waals surface area contributed by atoms with Gasteiger partial charge in [-0.1, -0.05) is 160 Å². The molecule has 0 saturated carbocycles. The Morgan fingerprint density at radius 3 is 1.53 bits per heavy atom. The number of carbonyl (C=O) groups is 3. The lowest BCUT2D eigenvalue weighted by Crippen LogP contribution is -2.34. The van der Waals surface area contributed by atoms with Gasteiger partial charge < -0.3 is 25.2 Å². The number of rotatable bonds is 39. The highest BCUT2D eigenvalue weighted by Crippen LogP contribution is 2.43. The fraction of sp³-hybridized carbons (Fsp3) is 0.829. The Kier molecular flexibility index (Phi) is 35.5. The highest BCUT2D eigenvalue weighted by molar-refractivity contribution is 7.47. The molecular formula is C41H76NO10P. The van der Waals surface area contributed by atoms with Gasteiger partial charge in [-0.3, -0.25) is 23.4 Å². The van der Waals surface area contributed by atoms with Crippen LogP contribution in [0.15, 0.2) is 24.3 Å². The predicted molar refractivity (Wildman–Crippen MR) is 212 cm³/mol. The number of carbonyl (C=O) groups excluding carboxylic acids is 2. The standard InChI is InChI=1S/C41H76NO10P/c1-3-5-7-9-11-13-15-17-19-21-23-25-27-29-31-33-40(44)52-37(35-50-53(47,48)51-36-38(42)41(45)46)34-49-39(43)32-30-28-26-24-22-20-18-16-14-12-10-8-6-4-2/h10,12,16,18,37-38H,3-9,11,13-15,17,19-36,42H2,1-2H3,(H,45,46)(H,47,48)/b12-10+,18-16+/t37-,38+/m1/s1. The molecule has 3 atom stereocenters. The first-order valence-corrected chi connectivity index (χ1v) is 22.4. The lowest BCUT2D eigenvalue weighted by molar-refractivity contribution is -0.161. The van der Waals surface area contributed by atoms with Crippen LogP contribution >= 0.6 is 7.82 Å². The van der Waals surface area contributed by atoms with Gasteiger partial charge in [0.15, 0.2) is 6.10 Å². The summed E-state index contributed by atoms with van der Waals surface area (Å²) in [6, 6.07) is -1.52. The third-order valence-corrected chi connectivity index (χ3v) is 9.90. The molecule has 4 N–H and O–H groups in total. The van der Waals surface area contributed by atoms with Gasteiger partial charge in [0.05, 0.1) is 13.2 Å². The molecule has 0 aromatic carbocycles. The summed E-state index contributed by atoms with van der Waals surface area (Å²) < 4.78 is 32.6. The summed E-state index contributed by atoms with van der Waals surface area (Å²) >= 11 is 0. The Hall–Kier alpha value is -2.04. The number of carboxylic acids is 1. The van der Waals surface area contributed by atoms with E-state index in [0.29, 0.717) is 12.8 Å². The molecule has 0 bridgehead atoms. The number of unbranched alkanes of at least 4 members (excludes halogenated alkanes) is 21. The lowest BCUT2D eigenvalue weighted by atomic mass is 10.0. The molecule has 0 aliphatic rings. The second kappa shape index (κ2) is 36.9. The van der Waals surface area contributed by atoms with Crippen LogP contribution < -0.4 is 5.73 Å². The molecule has 0 amide bonds. The van der Waals surface area contributed by atoms with Crippen LogP contribution in [0.1, 0.15) is 187 Å². The van der Waals surface area contributed by atoms with E-state index >= 15 is 0 Å². The van der Waals surface area contributed by atoms with Gasteiger partial charge >= 0.3 is 25.7 Å². The monoisotopic (exact) mass is 774 g/mol. The van der Waals surface area contributed by atoms with Gasteiger partial charge in [0, 0.05) is 12.8 Å². The zero-order valence-corrected chi connectivity index (χ0v) is 34.3. The Morgan fingerprint density at radius 2 is 1.02 bits per heavy atom. The number of nitrogens with two attached hydrogens (primary N) is 1. The van der Waals surface area contributed by atoms with Crippen LogP contribution in [0.25, 0.3) is 0 Å². The maximum absolute atomic E-state index is 12.6. The van der Waals surface area contributed by atoms with Gasteiger partial charge in [0.2, 0.25) is 0 Å². The Morgan fingerprint density at radius 1 is 0.585 bits per heavy atom. The molecule has 310 valence electrons. The van der Waals surface area contributed by atoms with Crippen molar-refractivity contribution in [1.82, 2.24) is 0 Å². The smallest absolute Gasteiger partial charge is 0.472 e. The second-order valence-corrected chi connectivity index (χ2v) is 15.6. The van der Waals surface area contributed by atoms with Crippen molar-refractivity contribution in [1.29, 1.82) is 0 Å². The highest BCUT2D eigenvalue weighted by Gasteiger charge is 2.28. The van der Waals surface area contributed by atoms with Crippen molar-refractivity contribution < 1.29 is 47.5 Å². The number of hydrogen-bond donors (Lipinski definition) is 3. The van der Waals surface area contributed by atoms with Crippen LogP contribution in [0.5, 0.6) is 0 Å². The van der Waals surface area contributed by atoms with E-state index < -0.39 is 51.1 Å². The first kappa shape index (κ1) is 51.0. The molecule has 1 unspecified atom stereocenters. The van der Waals surface area contributed by atoms with Crippen molar-refractivity contribution in [3.63, 3.8) is 0 Å². The SMILES string of the molecule is CCCC/C=C/C/C=C/CCCCCCCC(=O)OC[C@H](COP(=O)(O)OC[C@H](N)C(=O)O)OC(=O)CCCCCCCCCCCCCCCCC. The molecule has 0 heterocycles. The molecule has 0 saturated heterocycles. The molecule has 0 radical (unpaired) electrons. The van der Waals surface area contributed by atoms with E-state index in [1.807, 2.05) is 0 Å². The van der Waals surface area contributed by atoms with Crippen molar-refractivity contribution in [2.24, 2.45) is 5.73 Å². The molecule has 0 rings (SSSR count). The molecular weight excluding hydrogens is 697 g/mol. The van der Waals surface area contributed by atoms with E-state index in [-0.39, 0.29) is 19.4 Å². The largest absolute Gasteiger partial charge is 0.480 e. The maximum atomic E-state index is 12.6. The normalized spacial score (nSPS) is 14.0. The molecule has 0 aliphatic carbocycles. The maximum Gasteiger partial charge on any atom is 0.472 e. The van der Waals surface area contributed by atoms with Crippen LogP contribution in [0.3, 0.4) is 0 Å². The summed E-state index contributed by atoms with van der Waals surface area (Å²) in [7, 11) is -4.71. The number of ether oxygens (including phenoxy) is 2. The zero-order chi connectivity index (χ0) is 39.3. The van der Waals surface area contributed by atoms with Crippen molar-refractivity contribution >= 4 is 25.7 Å².